The smallest absolute Gasteiger partial charge is 0.497 e. The Balaban J connectivity index is 0.000000212. The van der Waals surface area contributed by atoms with E-state index in [0.717, 1.165) is 82.6 Å². The van der Waals surface area contributed by atoms with Gasteiger partial charge in [0.15, 0.2) is 0 Å². The van der Waals surface area contributed by atoms with Gasteiger partial charge in [0.25, 0.3) is 11.4 Å². The number of nitro benzene ring substituents is 2. The largest absolute Gasteiger partial charge is 0.498 e. The van der Waals surface area contributed by atoms with Gasteiger partial charge in [-0.15, -0.1) is 0 Å². The van der Waals surface area contributed by atoms with Crippen molar-refractivity contribution < 1.29 is 83.0 Å². The molecule has 15 rings (SSSR count). The topological polar surface area (TPSA) is 344 Å². The minimum atomic E-state index is -5.08. The molecule has 0 amide bonds. The number of non-ortho nitro benzene ring substituents is 2. The molecule has 112 heavy (non-hydrogen) atoms. The fourth-order valence-corrected chi connectivity index (χ4v) is 11.4. The number of nitrogens with one attached hydrogen (secondary N) is 3. The van der Waals surface area contributed by atoms with Crippen LogP contribution in [0.1, 0.15) is 73.6 Å². The number of aliphatic carboxylic acids is 1. The Morgan fingerprint density at radius 1 is 0.562 bits per heavy atom. The van der Waals surface area contributed by atoms with Gasteiger partial charge in [0.1, 0.15) is 39.8 Å². The van der Waals surface area contributed by atoms with Gasteiger partial charge in [-0.05, 0) is 194 Å². The Morgan fingerprint density at radius 3 is 1.38 bits per heavy atom. The van der Waals surface area contributed by atoms with Crippen LogP contribution in [0.2, 0.25) is 10.4 Å². The summed E-state index contributed by atoms with van der Waals surface area (Å²) in [5.74, 6) is 1.91. The summed E-state index contributed by atoms with van der Waals surface area (Å²) >= 11 is 11.1. The number of anilines is 5. The quantitative estimate of drug-likeness (QED) is 0.0128. The number of halogens is 5. The number of alkyl halides is 3. The van der Waals surface area contributed by atoms with Gasteiger partial charge in [0, 0.05) is 131 Å². The van der Waals surface area contributed by atoms with Crippen molar-refractivity contribution in [2.75, 3.05) is 64.2 Å². The van der Waals surface area contributed by atoms with Crippen LogP contribution in [0.4, 0.5) is 53.5 Å². The van der Waals surface area contributed by atoms with Crippen molar-refractivity contribution >= 4 is 106 Å². The number of hydrogen-bond donors (Lipinski definition) is 5. The molecule has 588 valence electrons. The minimum Gasteiger partial charge on any atom is -0.497 e. The number of carboxylic acids is 1. The molecule has 33 heteroatoms. The molecule has 6 aromatic heterocycles. The number of methoxy groups -OCH3 is 4. The van der Waals surface area contributed by atoms with Crippen LogP contribution in [0, 0.1) is 27.7 Å². The molecule has 1 saturated heterocycles. The number of nitrogens with zero attached hydrogens (tertiary/aromatic N) is 10. The standard InChI is InChI=1S/C20H19N5O.C15H12N2O3.C15H14N2O.C13H18BNO5.C8H6ClN.C5H6ClN3.C2HF3O2.CH3.Pd.H2/c1-21-19-8-9-22-20(25-19)24-15-6-7-18(26-2)16(11-15)17-10-13-4-3-5-14(13)12-23-17;1-20-15-6-5-12(17(18)19)8-13(15)14-7-10-3-2-4-11(10)9-16-14;1-18-15-6-5-12(16)8-13(15)14-7-10-3-2-4-11(10)9-17-14;1-12(2)13(3,4)20-14(19-12)10-8-9(15(16)17)6-7-11(10)18-5;9-8-4-6-2-1-3-7(6)5-10-8;1-7-4-2-3-8-5(6)9-4;3-2(4,5)1(6)7;;;/h3,5-12H,4H2,1-2H3,(H2,21,22,24,25);2,4-9H,3H2,1H3;2,4-9H,3,16H2,1H3;6-8H,1-5H3;1,3-5H,2H2;2-3H,1H3,(H,7,8,9);(H,6,7);1H3;;1H/q;;;;;;;-1;;. The number of carboxylic acid groups (broad SMARTS) is 1. The van der Waals surface area contributed by atoms with Gasteiger partial charge in [-0.25, -0.2) is 24.7 Å². The van der Waals surface area contributed by atoms with Gasteiger partial charge >= 0.3 is 19.3 Å². The van der Waals surface area contributed by atoms with Crippen molar-refractivity contribution in [3.63, 3.8) is 0 Å². The van der Waals surface area contributed by atoms with Gasteiger partial charge < -0.3 is 62.5 Å². The average Bonchev–Trinajstić information content (AvgIpc) is 1.62. The number of fused-ring (bicyclic) bond motifs is 4. The average molecular weight is 1660 g/mol. The Bertz CT molecular complexity index is 5130. The zero-order valence-electron chi connectivity index (χ0n) is 62.6. The van der Waals surface area contributed by atoms with Crippen LogP contribution in [-0.4, -0.2) is 128 Å². The van der Waals surface area contributed by atoms with E-state index in [9.17, 15) is 33.4 Å². The number of hydrogen-bond acceptors (Lipinski definition) is 23. The molecule has 0 bridgehead atoms. The molecule has 0 unspecified atom stereocenters. The second kappa shape index (κ2) is 39.8. The van der Waals surface area contributed by atoms with Crippen LogP contribution in [0.15, 0.2) is 171 Å². The van der Waals surface area contributed by atoms with Crippen LogP contribution >= 0.6 is 23.2 Å². The van der Waals surface area contributed by atoms with Crippen molar-refractivity contribution in [3.05, 3.63) is 253 Å². The number of pyridine rings is 4. The Labute approximate surface area is 670 Å². The van der Waals surface area contributed by atoms with Gasteiger partial charge in [-0.3, -0.25) is 35.2 Å². The van der Waals surface area contributed by atoms with E-state index in [1.807, 2.05) is 108 Å². The third-order valence-corrected chi connectivity index (χ3v) is 17.9. The first-order chi connectivity index (χ1) is 52.5. The van der Waals surface area contributed by atoms with Crippen molar-refractivity contribution in [3.8, 4) is 56.8 Å². The number of nitro groups is 2. The molecule has 0 atom stereocenters. The number of aromatic nitrogens is 8. The summed E-state index contributed by atoms with van der Waals surface area (Å²) < 4.78 is 65.0. The van der Waals surface area contributed by atoms with E-state index in [1.54, 1.807) is 71.4 Å². The molecule has 26 nitrogen and oxygen atoms in total. The van der Waals surface area contributed by atoms with Crippen LogP contribution in [0.3, 0.4) is 0 Å². The Morgan fingerprint density at radius 2 is 0.955 bits per heavy atom. The molecule has 4 aromatic carbocycles. The number of ether oxygens (including phenoxy) is 4. The van der Waals surface area contributed by atoms with Crippen molar-refractivity contribution in [1.82, 2.24) is 39.9 Å². The number of rotatable bonds is 14. The fourth-order valence-electron chi connectivity index (χ4n) is 11.1. The first-order valence-corrected chi connectivity index (χ1v) is 34.4. The van der Waals surface area contributed by atoms with E-state index >= 15 is 0 Å². The first-order valence-electron chi connectivity index (χ1n) is 33.7. The summed E-state index contributed by atoms with van der Waals surface area (Å²) in [6.45, 7) is 7.71. The zero-order chi connectivity index (χ0) is 79.5. The first kappa shape index (κ1) is 87.5. The number of carbonyl (C=O) groups is 1. The molecule has 7 heterocycles. The SMILES string of the molecule is CNc1ccnc(Cl)n1.CNc1ccnc(Nc2ccc(OC)c(-c3cc4c(cn3)C=CC4)c2)n1.COc1ccc(N)cc1-c1cc2c(cn1)C=CC2.COc1ccc([N+](=O)[O-])cc1-c1cc2c(cn1)C=CC2.COc1ccc([N+](=O)[O-])cc1B1OC(C)(C)C(C)(C)O1.Clc1cc2c(cn1)C=CC2.O=C(O)C(F)(F)F.[CH3-].[HH].[Pd]. The van der Waals surface area contributed by atoms with Crippen LogP contribution in [0.5, 0.6) is 23.0 Å². The molecule has 0 spiro atoms. The minimum absolute atomic E-state index is 0. The molecule has 1 aliphatic heterocycles. The maximum absolute atomic E-state index is 10.9. The zero-order valence-corrected chi connectivity index (χ0v) is 65.6. The second-order valence-corrected chi connectivity index (χ2v) is 25.9. The Kier molecular flexibility index (Phi) is 31.1. The molecule has 6 N–H and O–H groups in total. The molecule has 4 aliphatic carbocycles. The predicted molar refractivity (Wildman–Crippen MR) is 429 cm³/mol. The molecular weight excluding hydrogens is 1580 g/mol. The van der Waals surface area contributed by atoms with Crippen molar-refractivity contribution in [2.45, 2.75) is 70.8 Å². The summed E-state index contributed by atoms with van der Waals surface area (Å²) in [4.78, 5) is 63.5. The summed E-state index contributed by atoms with van der Waals surface area (Å²) in [6.07, 6.45) is 26.2. The molecular formula is C79H81BCl2F3N14O12Pd-. The third-order valence-electron chi connectivity index (χ3n) is 17.5. The maximum atomic E-state index is 10.9. The summed E-state index contributed by atoms with van der Waals surface area (Å²) in [5.41, 5.74) is 21.6. The number of benzene rings is 4. The summed E-state index contributed by atoms with van der Waals surface area (Å²) in [7, 11) is 9.29. The number of nitrogens with two attached hydrogens (primary N) is 1. The van der Waals surface area contributed by atoms with E-state index in [4.69, 9.17) is 67.1 Å². The van der Waals surface area contributed by atoms with Crippen molar-refractivity contribution in [1.29, 1.82) is 0 Å². The molecule has 0 radical (unpaired) electrons. The number of allylic oxidation sites excluding steroid dienone is 4. The van der Waals surface area contributed by atoms with E-state index in [0.29, 0.717) is 45.0 Å². The van der Waals surface area contributed by atoms with Crippen LogP contribution in [0.25, 0.3) is 58.1 Å². The normalized spacial score (nSPS) is 13.2. The monoisotopic (exact) mass is 1660 g/mol. The molecule has 1 fully saturated rings. The molecule has 0 saturated carbocycles. The van der Waals surface area contributed by atoms with Gasteiger partial charge in [-0.2, -0.15) is 18.2 Å². The van der Waals surface area contributed by atoms with Gasteiger partial charge in [0.2, 0.25) is 11.2 Å². The van der Waals surface area contributed by atoms with E-state index in [-0.39, 0.29) is 45.9 Å². The second-order valence-electron chi connectivity index (χ2n) is 25.1. The van der Waals surface area contributed by atoms with Crippen molar-refractivity contribution in [2.24, 2.45) is 0 Å². The predicted octanol–water partition coefficient (Wildman–Crippen LogP) is 16.8. The summed E-state index contributed by atoms with van der Waals surface area (Å²) in [5, 5.41) is 38.9. The van der Waals surface area contributed by atoms with Crippen LogP contribution < -0.4 is 46.1 Å². The van der Waals surface area contributed by atoms with Gasteiger partial charge in [0.05, 0.1) is 66.6 Å². The third kappa shape index (κ3) is 23.0. The summed E-state index contributed by atoms with van der Waals surface area (Å²) in [6, 6.07) is 32.0. The fraction of sp³-hybridized carbons (Fsp3) is 0.215. The van der Waals surface area contributed by atoms with Crippen LogP contribution in [-0.2, 0) is 60.2 Å². The Hall–Kier alpha value is -11.7. The van der Waals surface area contributed by atoms with E-state index in [2.05, 4.69) is 110 Å². The maximum Gasteiger partial charge on any atom is 0.498 e. The van der Waals surface area contributed by atoms with E-state index < -0.39 is 40.3 Å². The molecule has 5 aliphatic rings. The number of nitrogen functional groups attached to an aromatic ring is 1. The van der Waals surface area contributed by atoms with E-state index in [1.165, 1.54) is 70.3 Å². The van der Waals surface area contributed by atoms with Gasteiger partial charge in [-0.1, -0.05) is 60.2 Å². The molecule has 10 aromatic rings.